The second-order valence-corrected chi connectivity index (χ2v) is 14.1. The monoisotopic (exact) mass is 736 g/mol. The highest BCUT2D eigenvalue weighted by Gasteiger charge is 2.16. The van der Waals surface area contributed by atoms with E-state index in [-0.39, 0.29) is 0 Å². The first-order valence-electron chi connectivity index (χ1n) is 19.9. The number of fused-ring (bicyclic) bond motifs is 2. The van der Waals surface area contributed by atoms with Gasteiger partial charge in [-0.3, -0.25) is 0 Å². The molecule has 0 amide bonds. The highest BCUT2D eigenvalue weighted by atomic mass is 14.2. The molecule has 280 valence electrons. The standard InChI is InChI=1S/C42H30.C8H10.C7H12/c1-2-30-21-25-34(26-22-30)41-36-17-9-11-19-38(36)42(39-20-12-10-18-37(39)41)35-27-23-31(24-28-35)29-40(32-13-5-3-6-14-32)33-15-7-4-8-16-33;1-8-6-4-2-3-5-7-8;1-4-6-7(3)5-2/h2-29H,1H2;2,4-7H,3H2,1H3;4-6H,1-3H3/b;;6-4-,7-5-. The van der Waals surface area contributed by atoms with Gasteiger partial charge in [-0.2, -0.15) is 0 Å². The van der Waals surface area contributed by atoms with Crippen LogP contribution in [0.4, 0.5) is 0 Å². The Bertz CT molecular complexity index is 2490. The lowest BCUT2D eigenvalue weighted by Gasteiger charge is -2.18. The number of rotatable bonds is 7. The van der Waals surface area contributed by atoms with E-state index in [9.17, 15) is 0 Å². The first-order valence-corrected chi connectivity index (χ1v) is 19.9. The van der Waals surface area contributed by atoms with Crippen LogP contribution in [0.2, 0.25) is 0 Å². The summed E-state index contributed by atoms with van der Waals surface area (Å²) in [6, 6.07) is 56.6. The van der Waals surface area contributed by atoms with Gasteiger partial charge in [0.05, 0.1) is 0 Å². The number of benzene rings is 7. The third kappa shape index (κ3) is 10.3. The van der Waals surface area contributed by atoms with Gasteiger partial charge in [-0.05, 0) is 112 Å². The molecule has 0 aromatic heterocycles. The van der Waals surface area contributed by atoms with Crippen LogP contribution < -0.4 is 0 Å². The van der Waals surface area contributed by atoms with Crippen LogP contribution >= 0.6 is 0 Å². The number of hydrogen-bond donors (Lipinski definition) is 0. The summed E-state index contributed by atoms with van der Waals surface area (Å²) in [5.74, 6) is 0. The van der Waals surface area contributed by atoms with E-state index in [1.165, 1.54) is 77.2 Å². The quantitative estimate of drug-likeness (QED) is 0.0868. The summed E-state index contributed by atoms with van der Waals surface area (Å²) in [5, 5.41) is 5.04. The Labute approximate surface area is 340 Å². The molecule has 0 fully saturated rings. The summed E-state index contributed by atoms with van der Waals surface area (Å²) in [4.78, 5) is 0. The molecule has 7 aromatic rings. The van der Waals surface area contributed by atoms with Crippen molar-refractivity contribution in [1.29, 1.82) is 0 Å². The molecule has 0 radical (unpaired) electrons. The maximum absolute atomic E-state index is 3.93. The zero-order valence-corrected chi connectivity index (χ0v) is 33.7. The third-order valence-corrected chi connectivity index (χ3v) is 10.1. The fraction of sp³-hybridized carbons (Fsp3) is 0.0877. The summed E-state index contributed by atoms with van der Waals surface area (Å²) < 4.78 is 0. The molecule has 7 aromatic carbocycles. The van der Waals surface area contributed by atoms with E-state index in [1.807, 2.05) is 26.0 Å². The summed E-state index contributed by atoms with van der Waals surface area (Å²) >= 11 is 0. The molecule has 0 N–H and O–H groups in total. The van der Waals surface area contributed by atoms with Crippen molar-refractivity contribution in [2.24, 2.45) is 0 Å². The van der Waals surface area contributed by atoms with Crippen molar-refractivity contribution >= 4 is 39.3 Å². The van der Waals surface area contributed by atoms with E-state index in [0.717, 1.165) is 12.0 Å². The molecule has 0 saturated carbocycles. The van der Waals surface area contributed by atoms with Crippen LogP contribution in [0, 0.1) is 0 Å². The minimum Gasteiger partial charge on any atom is -0.0985 e. The zero-order chi connectivity index (χ0) is 39.8. The van der Waals surface area contributed by atoms with Crippen LogP contribution in [0.25, 0.3) is 61.5 Å². The smallest absolute Gasteiger partial charge is 0.00264 e. The fourth-order valence-corrected chi connectivity index (χ4v) is 7.06. The molecule has 8 rings (SSSR count). The molecule has 0 atom stereocenters. The molecule has 1 aliphatic carbocycles. The van der Waals surface area contributed by atoms with Crippen LogP contribution in [0.1, 0.15) is 56.4 Å². The van der Waals surface area contributed by atoms with Gasteiger partial charge in [0.1, 0.15) is 0 Å². The normalized spacial score (nSPS) is 12.2. The molecular formula is C57H52. The molecule has 0 saturated heterocycles. The zero-order valence-electron chi connectivity index (χ0n) is 33.7. The van der Waals surface area contributed by atoms with Crippen LogP contribution in [-0.2, 0) is 0 Å². The van der Waals surface area contributed by atoms with Gasteiger partial charge >= 0.3 is 0 Å². The average molecular weight is 737 g/mol. The minimum atomic E-state index is 1.08. The second-order valence-electron chi connectivity index (χ2n) is 14.1. The van der Waals surface area contributed by atoms with Gasteiger partial charge in [0.2, 0.25) is 0 Å². The third-order valence-electron chi connectivity index (χ3n) is 10.1. The lowest BCUT2D eigenvalue weighted by molar-refractivity contribution is 1.40. The van der Waals surface area contributed by atoms with Gasteiger partial charge in [-0.1, -0.05) is 230 Å². The van der Waals surface area contributed by atoms with E-state index in [1.54, 1.807) is 0 Å². The Morgan fingerprint density at radius 1 is 0.544 bits per heavy atom. The Morgan fingerprint density at radius 3 is 1.42 bits per heavy atom. The van der Waals surface area contributed by atoms with Gasteiger partial charge in [0.25, 0.3) is 0 Å². The molecule has 57 heavy (non-hydrogen) atoms. The Balaban J connectivity index is 0.000000309. The highest BCUT2D eigenvalue weighted by Crippen LogP contribution is 2.43. The van der Waals surface area contributed by atoms with Crippen LogP contribution in [-0.4, -0.2) is 0 Å². The Morgan fingerprint density at radius 2 is 1.00 bits per heavy atom. The SMILES string of the molecule is C/C=C\C(C)=C/C.C=Cc1ccc(-c2c3ccccc3c(-c3ccc(C=C(c4ccccc4)c4ccccc4)cc3)c3ccccc23)cc1.CC1=CC=CCC=C1. The van der Waals surface area contributed by atoms with Crippen LogP contribution in [0.15, 0.2) is 224 Å². The molecule has 0 heteroatoms. The van der Waals surface area contributed by atoms with Crippen molar-refractivity contribution in [3.63, 3.8) is 0 Å². The molecule has 1 aliphatic rings. The van der Waals surface area contributed by atoms with Gasteiger partial charge < -0.3 is 0 Å². The fourth-order valence-electron chi connectivity index (χ4n) is 7.06. The Hall–Kier alpha value is -6.76. The number of allylic oxidation sites excluding steroid dienone is 10. The predicted molar refractivity (Wildman–Crippen MR) is 253 cm³/mol. The van der Waals surface area contributed by atoms with E-state index in [0.29, 0.717) is 0 Å². The van der Waals surface area contributed by atoms with Gasteiger partial charge in [0.15, 0.2) is 0 Å². The highest BCUT2D eigenvalue weighted by molar-refractivity contribution is 6.21. The molecule has 0 aliphatic heterocycles. The largest absolute Gasteiger partial charge is 0.0985 e. The summed E-state index contributed by atoms with van der Waals surface area (Å²) in [6.45, 7) is 12.2. The summed E-state index contributed by atoms with van der Waals surface area (Å²) in [7, 11) is 0. The van der Waals surface area contributed by atoms with Crippen molar-refractivity contribution in [2.75, 3.05) is 0 Å². The minimum absolute atomic E-state index is 1.08. The van der Waals surface area contributed by atoms with E-state index < -0.39 is 0 Å². The lowest BCUT2D eigenvalue weighted by atomic mass is 9.85. The molecular weight excluding hydrogens is 685 g/mol. The van der Waals surface area contributed by atoms with Gasteiger partial charge in [-0.25, -0.2) is 0 Å². The second kappa shape index (κ2) is 20.2. The first-order chi connectivity index (χ1) is 28.0. The average Bonchev–Trinajstić information content (AvgIpc) is 3.53. The lowest BCUT2D eigenvalue weighted by Crippen LogP contribution is -1.91. The first kappa shape index (κ1) is 39.9. The number of hydrogen-bond acceptors (Lipinski definition) is 0. The summed E-state index contributed by atoms with van der Waals surface area (Å²) in [6.07, 6.45) is 22.1. The molecule has 0 bridgehead atoms. The van der Waals surface area contributed by atoms with Crippen molar-refractivity contribution in [3.8, 4) is 22.3 Å². The van der Waals surface area contributed by atoms with Crippen molar-refractivity contribution in [2.45, 2.75) is 34.1 Å². The topological polar surface area (TPSA) is 0 Å². The predicted octanol–water partition coefficient (Wildman–Crippen LogP) is 16.5. The molecule has 0 heterocycles. The maximum atomic E-state index is 3.93. The van der Waals surface area contributed by atoms with E-state index in [2.05, 4.69) is 227 Å². The maximum Gasteiger partial charge on any atom is -0.00264 e. The van der Waals surface area contributed by atoms with E-state index in [4.69, 9.17) is 0 Å². The van der Waals surface area contributed by atoms with E-state index >= 15 is 0 Å². The molecule has 0 spiro atoms. The van der Waals surface area contributed by atoms with Crippen molar-refractivity contribution < 1.29 is 0 Å². The Kier molecular flexibility index (Phi) is 14.2. The van der Waals surface area contributed by atoms with Gasteiger partial charge in [-0.15, -0.1) is 0 Å². The van der Waals surface area contributed by atoms with Gasteiger partial charge in [0, 0.05) is 0 Å². The van der Waals surface area contributed by atoms with Crippen molar-refractivity contribution in [1.82, 2.24) is 0 Å². The van der Waals surface area contributed by atoms with Crippen LogP contribution in [0.3, 0.4) is 0 Å². The summed E-state index contributed by atoms with van der Waals surface area (Å²) in [5.41, 5.74) is 13.6. The molecule has 0 unspecified atom stereocenters. The van der Waals surface area contributed by atoms with Crippen molar-refractivity contribution in [3.05, 3.63) is 246 Å². The van der Waals surface area contributed by atoms with Crippen LogP contribution in [0.5, 0.6) is 0 Å². The molecule has 0 nitrogen and oxygen atoms in total.